The molecule has 1 fully saturated rings. The molecule has 0 unspecified atom stereocenters. The molecule has 3 atom stereocenters. The maximum atomic E-state index is 9.65. The molecule has 0 bridgehead atoms. The summed E-state index contributed by atoms with van der Waals surface area (Å²) in [5, 5.41) is 13.4. The summed E-state index contributed by atoms with van der Waals surface area (Å²) in [6.07, 6.45) is 1.10. The van der Waals surface area contributed by atoms with Crippen molar-refractivity contribution in [2.24, 2.45) is 5.92 Å². The molecule has 0 aliphatic carbocycles. The van der Waals surface area contributed by atoms with Gasteiger partial charge in [0.1, 0.15) is 0 Å². The summed E-state index contributed by atoms with van der Waals surface area (Å²) < 4.78 is 0. The van der Waals surface area contributed by atoms with Gasteiger partial charge >= 0.3 is 7.05 Å². The molecule has 19 heavy (non-hydrogen) atoms. The van der Waals surface area contributed by atoms with Crippen molar-refractivity contribution in [1.29, 1.82) is 0 Å². The molecule has 1 saturated heterocycles. The van der Waals surface area contributed by atoms with Crippen LogP contribution in [0.1, 0.15) is 31.9 Å². The Balaban J connectivity index is 1.90. The molecule has 1 aliphatic rings. The number of nitrogens with one attached hydrogen (secondary N) is 1. The van der Waals surface area contributed by atoms with Crippen molar-refractivity contribution < 1.29 is 5.02 Å². The fourth-order valence-corrected chi connectivity index (χ4v) is 2.92. The van der Waals surface area contributed by atoms with Gasteiger partial charge in [-0.15, -0.1) is 0 Å². The van der Waals surface area contributed by atoms with Crippen LogP contribution in [-0.2, 0) is 0 Å². The molecule has 1 aliphatic heterocycles. The zero-order valence-electron chi connectivity index (χ0n) is 12.2. The smallest absolute Gasteiger partial charge is 0.376 e. The van der Waals surface area contributed by atoms with E-state index in [1.54, 1.807) is 0 Å². The molecule has 1 heterocycles. The minimum atomic E-state index is -0.324. The number of benzene rings is 1. The zero-order valence-corrected chi connectivity index (χ0v) is 12.2. The minimum absolute atomic E-state index is 0.324. The number of rotatable bonds is 4. The van der Waals surface area contributed by atoms with Gasteiger partial charge in [-0.3, -0.25) is 0 Å². The molecule has 1 aromatic carbocycles. The monoisotopic (exact) mass is 260 g/mol. The van der Waals surface area contributed by atoms with Crippen LogP contribution in [0.25, 0.3) is 0 Å². The number of hydrogen-bond acceptors (Lipinski definition) is 3. The molecule has 0 spiro atoms. The molecule has 4 heteroatoms. The summed E-state index contributed by atoms with van der Waals surface area (Å²) in [5.41, 5.74) is 1.34. The SMILES string of the molecule is CB(O)N1CC[C@H](N[C@H](C)c2ccccc2)[C@@H](C)C1. The Kier molecular flexibility index (Phi) is 5.02. The highest BCUT2D eigenvalue weighted by atomic mass is 16.2. The van der Waals surface area contributed by atoms with Gasteiger partial charge in [0, 0.05) is 12.1 Å². The first-order chi connectivity index (χ1) is 9.08. The Morgan fingerprint density at radius 1 is 1.37 bits per heavy atom. The van der Waals surface area contributed by atoms with Crippen LogP contribution in [0.3, 0.4) is 0 Å². The van der Waals surface area contributed by atoms with Gasteiger partial charge in [-0.2, -0.15) is 0 Å². The van der Waals surface area contributed by atoms with E-state index in [9.17, 15) is 5.02 Å². The Hall–Kier alpha value is -0.835. The van der Waals surface area contributed by atoms with Gasteiger partial charge in [-0.25, -0.2) is 0 Å². The topological polar surface area (TPSA) is 35.5 Å². The van der Waals surface area contributed by atoms with E-state index in [4.69, 9.17) is 0 Å². The van der Waals surface area contributed by atoms with Crippen molar-refractivity contribution in [2.45, 2.75) is 39.2 Å². The first kappa shape index (κ1) is 14.6. The van der Waals surface area contributed by atoms with Crippen LogP contribution in [0.4, 0.5) is 0 Å². The van der Waals surface area contributed by atoms with Gasteiger partial charge in [-0.1, -0.05) is 37.3 Å². The van der Waals surface area contributed by atoms with E-state index in [1.807, 2.05) is 6.82 Å². The van der Waals surface area contributed by atoms with Gasteiger partial charge in [0.25, 0.3) is 0 Å². The summed E-state index contributed by atoms with van der Waals surface area (Å²) in [4.78, 5) is 2.15. The molecule has 1 aromatic rings. The highest BCUT2D eigenvalue weighted by Crippen LogP contribution is 2.21. The van der Waals surface area contributed by atoms with Crippen molar-refractivity contribution in [1.82, 2.24) is 10.1 Å². The summed E-state index contributed by atoms with van der Waals surface area (Å²) in [6, 6.07) is 11.5. The lowest BCUT2D eigenvalue weighted by Gasteiger charge is -2.39. The third-order valence-corrected chi connectivity index (χ3v) is 4.23. The Bertz CT molecular complexity index is 385. The predicted octanol–water partition coefficient (Wildman–Crippen LogP) is 2.16. The minimum Gasteiger partial charge on any atom is -0.437 e. The maximum absolute atomic E-state index is 9.65. The van der Waals surface area contributed by atoms with Crippen LogP contribution in [0, 0.1) is 5.92 Å². The Labute approximate surface area is 117 Å². The van der Waals surface area contributed by atoms with Crippen molar-refractivity contribution in [3.63, 3.8) is 0 Å². The molecule has 0 radical (unpaired) electrons. The third kappa shape index (κ3) is 3.82. The third-order valence-electron chi connectivity index (χ3n) is 4.23. The lowest BCUT2D eigenvalue weighted by molar-refractivity contribution is 0.194. The van der Waals surface area contributed by atoms with Crippen LogP contribution in [-0.4, -0.2) is 36.0 Å². The standard InChI is InChI=1S/C15H25BN2O/c1-12-11-18(16(3)19)10-9-15(12)17-13(2)14-7-5-4-6-8-14/h4-8,12-13,15,17,19H,9-11H2,1-3H3/t12-,13+,15-/m0/s1. The second kappa shape index (κ2) is 6.55. The Morgan fingerprint density at radius 3 is 2.63 bits per heavy atom. The molecule has 2 rings (SSSR count). The summed E-state index contributed by atoms with van der Waals surface area (Å²) in [7, 11) is -0.324. The van der Waals surface area contributed by atoms with E-state index in [1.165, 1.54) is 5.56 Å². The van der Waals surface area contributed by atoms with Gasteiger partial charge in [0.05, 0.1) is 0 Å². The molecule has 2 N–H and O–H groups in total. The van der Waals surface area contributed by atoms with Crippen molar-refractivity contribution in [3.05, 3.63) is 35.9 Å². The quantitative estimate of drug-likeness (QED) is 0.814. The van der Waals surface area contributed by atoms with Crippen LogP contribution < -0.4 is 5.32 Å². The van der Waals surface area contributed by atoms with Crippen molar-refractivity contribution in [2.75, 3.05) is 13.1 Å². The number of nitrogens with zero attached hydrogens (tertiary/aromatic N) is 1. The Morgan fingerprint density at radius 2 is 2.05 bits per heavy atom. The van der Waals surface area contributed by atoms with Crippen LogP contribution in [0.2, 0.25) is 6.82 Å². The fraction of sp³-hybridized carbons (Fsp3) is 0.600. The van der Waals surface area contributed by atoms with E-state index in [2.05, 4.69) is 54.3 Å². The van der Waals surface area contributed by atoms with E-state index in [0.29, 0.717) is 18.0 Å². The van der Waals surface area contributed by atoms with Crippen LogP contribution in [0.15, 0.2) is 30.3 Å². The lowest BCUT2D eigenvalue weighted by Crippen LogP contribution is -2.52. The molecule has 0 aromatic heterocycles. The number of hydrogen-bond donors (Lipinski definition) is 2. The van der Waals surface area contributed by atoms with Crippen molar-refractivity contribution in [3.8, 4) is 0 Å². The summed E-state index contributed by atoms with van der Waals surface area (Å²) in [5.74, 6) is 0.564. The zero-order chi connectivity index (χ0) is 13.8. The maximum Gasteiger partial charge on any atom is 0.376 e. The fourth-order valence-electron chi connectivity index (χ4n) is 2.92. The van der Waals surface area contributed by atoms with E-state index >= 15 is 0 Å². The van der Waals surface area contributed by atoms with Gasteiger partial charge in [0.15, 0.2) is 0 Å². The van der Waals surface area contributed by atoms with E-state index in [0.717, 1.165) is 19.5 Å². The lowest BCUT2D eigenvalue weighted by atomic mass is 9.79. The molecular formula is C15H25BN2O. The van der Waals surface area contributed by atoms with Crippen molar-refractivity contribution >= 4 is 7.05 Å². The van der Waals surface area contributed by atoms with Gasteiger partial charge in [0.2, 0.25) is 0 Å². The first-order valence-corrected chi connectivity index (χ1v) is 7.31. The van der Waals surface area contributed by atoms with Gasteiger partial charge < -0.3 is 15.2 Å². The average molecular weight is 260 g/mol. The predicted molar refractivity (Wildman–Crippen MR) is 81.0 cm³/mol. The summed E-state index contributed by atoms with van der Waals surface area (Å²) in [6.45, 7) is 8.29. The second-order valence-corrected chi connectivity index (χ2v) is 5.80. The first-order valence-electron chi connectivity index (χ1n) is 7.31. The highest BCUT2D eigenvalue weighted by Gasteiger charge is 2.29. The van der Waals surface area contributed by atoms with Crippen LogP contribution in [0.5, 0.6) is 0 Å². The highest BCUT2D eigenvalue weighted by molar-refractivity contribution is 6.45. The number of piperidine rings is 1. The van der Waals surface area contributed by atoms with E-state index < -0.39 is 0 Å². The average Bonchev–Trinajstić information content (AvgIpc) is 2.41. The largest absolute Gasteiger partial charge is 0.437 e. The van der Waals surface area contributed by atoms with Crippen LogP contribution >= 0.6 is 0 Å². The molecule has 3 nitrogen and oxygen atoms in total. The second-order valence-electron chi connectivity index (χ2n) is 5.80. The molecule has 0 saturated carbocycles. The van der Waals surface area contributed by atoms with Gasteiger partial charge in [-0.05, 0) is 44.7 Å². The molecule has 0 amide bonds. The summed E-state index contributed by atoms with van der Waals surface area (Å²) >= 11 is 0. The van der Waals surface area contributed by atoms with E-state index in [-0.39, 0.29) is 7.05 Å². The normalized spacial score (nSPS) is 26.1. The molecule has 104 valence electrons. The molecular weight excluding hydrogens is 235 g/mol.